The van der Waals surface area contributed by atoms with Crippen molar-refractivity contribution in [3.63, 3.8) is 0 Å². The van der Waals surface area contributed by atoms with E-state index in [1.54, 1.807) is 18.2 Å². The lowest BCUT2D eigenvalue weighted by Gasteiger charge is -2.19. The van der Waals surface area contributed by atoms with Crippen LogP contribution in [0.4, 0.5) is 11.4 Å². The zero-order valence-electron chi connectivity index (χ0n) is 16.2. The smallest absolute Gasteiger partial charge is 0.346 e. The fraction of sp³-hybridized carbons (Fsp3) is 0.250. The van der Waals surface area contributed by atoms with Gasteiger partial charge in [0.2, 0.25) is 0 Å². The van der Waals surface area contributed by atoms with Crippen LogP contribution in [0.1, 0.15) is 34.6 Å². The molecule has 0 unspecified atom stereocenters. The molecule has 1 aliphatic heterocycles. The number of nitro groups is 1. The molecule has 0 aliphatic carbocycles. The lowest BCUT2D eigenvalue weighted by molar-refractivity contribution is -0.385. The van der Waals surface area contributed by atoms with E-state index < -0.39 is 28.6 Å². The summed E-state index contributed by atoms with van der Waals surface area (Å²) in [5.41, 5.74) is -0.332. The molecule has 0 aromatic heterocycles. The average Bonchev–Trinajstić information content (AvgIpc) is 2.72. The summed E-state index contributed by atoms with van der Waals surface area (Å²) in [7, 11) is 0. The second-order valence-electron chi connectivity index (χ2n) is 6.41. The Kier molecular flexibility index (Phi) is 5.95. The highest BCUT2D eigenvalue weighted by atomic mass is 16.6. The number of nitro benzene ring substituents is 1. The maximum Gasteiger partial charge on any atom is 0.346 e. The maximum absolute atomic E-state index is 12.5. The van der Waals surface area contributed by atoms with Crippen LogP contribution in [-0.4, -0.2) is 41.9 Å². The Balaban J connectivity index is 1.78. The second-order valence-corrected chi connectivity index (χ2v) is 6.41. The quantitative estimate of drug-likeness (QED) is 0.330. The van der Waals surface area contributed by atoms with E-state index in [1.165, 1.54) is 19.9 Å². The zero-order chi connectivity index (χ0) is 21.8. The van der Waals surface area contributed by atoms with Crippen molar-refractivity contribution in [3.05, 3.63) is 57.6 Å². The highest BCUT2D eigenvalue weighted by Crippen LogP contribution is 2.37. The predicted molar refractivity (Wildman–Crippen MR) is 104 cm³/mol. The van der Waals surface area contributed by atoms with Crippen LogP contribution in [-0.2, 0) is 9.53 Å². The Morgan fingerprint density at radius 2 is 1.73 bits per heavy atom. The summed E-state index contributed by atoms with van der Waals surface area (Å²) in [6.07, 6.45) is -1.29. The van der Waals surface area contributed by atoms with Gasteiger partial charge in [-0.25, -0.2) is 4.79 Å². The number of hydrogen-bond donors (Lipinski definition) is 1. The average molecular weight is 414 g/mol. The summed E-state index contributed by atoms with van der Waals surface area (Å²) < 4.78 is 15.8. The van der Waals surface area contributed by atoms with Crippen molar-refractivity contribution in [2.75, 3.05) is 18.5 Å². The summed E-state index contributed by atoms with van der Waals surface area (Å²) in [4.78, 5) is 47.3. The van der Waals surface area contributed by atoms with Crippen molar-refractivity contribution in [1.29, 1.82) is 0 Å². The van der Waals surface area contributed by atoms with Gasteiger partial charge in [-0.15, -0.1) is 0 Å². The molecule has 1 N–H and O–H groups in total. The number of anilines is 1. The van der Waals surface area contributed by atoms with Gasteiger partial charge in [-0.1, -0.05) is 12.1 Å². The summed E-state index contributed by atoms with van der Waals surface area (Å²) in [6, 6.07) is 8.61. The fourth-order valence-electron chi connectivity index (χ4n) is 2.80. The largest absolute Gasteiger partial charge is 0.486 e. The molecule has 0 fully saturated rings. The number of fused-ring (bicyclic) bond motifs is 1. The van der Waals surface area contributed by atoms with E-state index in [2.05, 4.69) is 5.32 Å². The van der Waals surface area contributed by atoms with Crippen LogP contribution in [0.2, 0.25) is 0 Å². The van der Waals surface area contributed by atoms with Gasteiger partial charge in [0.05, 0.1) is 16.7 Å². The van der Waals surface area contributed by atoms with Gasteiger partial charge in [0, 0.05) is 11.6 Å². The fourth-order valence-corrected chi connectivity index (χ4v) is 2.80. The number of nitrogens with one attached hydrogen (secondary N) is 1. The molecule has 1 heterocycles. The molecule has 10 nitrogen and oxygen atoms in total. The first-order chi connectivity index (χ1) is 14.3. The SMILES string of the molecule is CC(=O)c1ccccc1NC(=O)[C@@H](C)OC(=O)c1cc2c(cc1[N+](=O)[O-])OCCO2. The summed E-state index contributed by atoms with van der Waals surface area (Å²) in [6.45, 7) is 3.13. The van der Waals surface area contributed by atoms with Gasteiger partial charge in [0.1, 0.15) is 18.8 Å². The number of carbonyl (C=O) groups excluding carboxylic acids is 3. The molecule has 0 saturated carbocycles. The maximum atomic E-state index is 12.5. The van der Waals surface area contributed by atoms with E-state index in [0.717, 1.165) is 12.1 Å². The highest BCUT2D eigenvalue weighted by molar-refractivity contribution is 6.05. The standard InChI is InChI=1S/C20H18N2O8/c1-11(23)13-5-3-4-6-15(13)21-19(24)12(2)30-20(25)14-9-17-18(29-8-7-28-17)10-16(14)22(26)27/h3-6,9-10,12H,7-8H2,1-2H3,(H,21,24)/t12-/m1/s1. The van der Waals surface area contributed by atoms with Gasteiger partial charge in [-0.2, -0.15) is 0 Å². The number of benzene rings is 2. The zero-order valence-corrected chi connectivity index (χ0v) is 16.2. The van der Waals surface area contributed by atoms with E-state index in [4.69, 9.17) is 14.2 Å². The van der Waals surface area contributed by atoms with Crippen LogP contribution in [0.25, 0.3) is 0 Å². The third-order valence-corrected chi connectivity index (χ3v) is 4.29. The van der Waals surface area contributed by atoms with Crippen molar-refractivity contribution in [1.82, 2.24) is 0 Å². The third-order valence-electron chi connectivity index (χ3n) is 4.29. The second kappa shape index (κ2) is 8.60. The normalized spacial score (nSPS) is 13.1. The molecule has 156 valence electrons. The first-order valence-electron chi connectivity index (χ1n) is 8.97. The number of ether oxygens (including phenoxy) is 3. The Morgan fingerprint density at radius 1 is 1.10 bits per heavy atom. The molecular formula is C20H18N2O8. The van der Waals surface area contributed by atoms with E-state index in [9.17, 15) is 24.5 Å². The number of hydrogen-bond acceptors (Lipinski definition) is 8. The number of nitrogens with zero attached hydrogens (tertiary/aromatic N) is 1. The Bertz CT molecular complexity index is 1030. The molecule has 30 heavy (non-hydrogen) atoms. The first-order valence-corrected chi connectivity index (χ1v) is 8.97. The number of esters is 1. The van der Waals surface area contributed by atoms with Crippen LogP contribution in [0.5, 0.6) is 11.5 Å². The van der Waals surface area contributed by atoms with Crippen molar-refractivity contribution in [2.45, 2.75) is 20.0 Å². The number of ketones is 1. The number of para-hydroxylation sites is 1. The van der Waals surface area contributed by atoms with Crippen LogP contribution < -0.4 is 14.8 Å². The molecule has 0 bridgehead atoms. The minimum atomic E-state index is -1.29. The number of carbonyl (C=O) groups is 3. The Labute approximate surface area is 170 Å². The minimum absolute atomic E-state index is 0.149. The molecule has 0 spiro atoms. The van der Waals surface area contributed by atoms with Gasteiger partial charge in [-0.05, 0) is 26.0 Å². The van der Waals surface area contributed by atoms with Crippen molar-refractivity contribution >= 4 is 29.0 Å². The number of rotatable bonds is 6. The number of amides is 1. The third kappa shape index (κ3) is 4.37. The molecule has 0 radical (unpaired) electrons. The molecule has 2 aromatic carbocycles. The van der Waals surface area contributed by atoms with Gasteiger partial charge in [-0.3, -0.25) is 19.7 Å². The van der Waals surface area contributed by atoms with Gasteiger partial charge >= 0.3 is 5.97 Å². The monoisotopic (exact) mass is 414 g/mol. The van der Waals surface area contributed by atoms with Crippen LogP contribution >= 0.6 is 0 Å². The highest BCUT2D eigenvalue weighted by Gasteiger charge is 2.29. The molecule has 3 rings (SSSR count). The van der Waals surface area contributed by atoms with Gasteiger partial charge in [0.25, 0.3) is 11.6 Å². The lowest BCUT2D eigenvalue weighted by atomic mass is 10.1. The Hall–Kier alpha value is -3.95. The van der Waals surface area contributed by atoms with Crippen molar-refractivity contribution in [3.8, 4) is 11.5 Å². The molecule has 0 saturated heterocycles. The summed E-state index contributed by atoms with van der Waals surface area (Å²) in [5, 5.41) is 13.9. The van der Waals surface area contributed by atoms with E-state index in [1.807, 2.05) is 0 Å². The minimum Gasteiger partial charge on any atom is -0.486 e. The Morgan fingerprint density at radius 3 is 2.37 bits per heavy atom. The number of Topliss-reactive ketones (excluding diaryl/α,β-unsaturated/α-hetero) is 1. The van der Waals surface area contributed by atoms with Crippen molar-refractivity contribution in [2.24, 2.45) is 0 Å². The molecular weight excluding hydrogens is 396 g/mol. The molecule has 1 atom stereocenters. The lowest BCUT2D eigenvalue weighted by Crippen LogP contribution is -2.30. The first kappa shape index (κ1) is 20.8. The molecule has 1 aliphatic rings. The van der Waals surface area contributed by atoms with E-state index in [0.29, 0.717) is 5.56 Å². The summed E-state index contributed by atoms with van der Waals surface area (Å²) in [5.74, 6) is -1.69. The van der Waals surface area contributed by atoms with Crippen LogP contribution in [0.15, 0.2) is 36.4 Å². The van der Waals surface area contributed by atoms with Gasteiger partial charge < -0.3 is 19.5 Å². The van der Waals surface area contributed by atoms with E-state index in [-0.39, 0.29) is 41.7 Å². The van der Waals surface area contributed by atoms with Gasteiger partial charge in [0.15, 0.2) is 23.4 Å². The van der Waals surface area contributed by atoms with Crippen LogP contribution in [0.3, 0.4) is 0 Å². The molecule has 1 amide bonds. The predicted octanol–water partition coefficient (Wildman–Crippen LogP) is 2.75. The molecule has 2 aromatic rings. The molecule has 10 heteroatoms. The van der Waals surface area contributed by atoms with Crippen LogP contribution in [0, 0.1) is 10.1 Å². The summed E-state index contributed by atoms with van der Waals surface area (Å²) >= 11 is 0. The topological polar surface area (TPSA) is 134 Å². The van der Waals surface area contributed by atoms with E-state index >= 15 is 0 Å². The van der Waals surface area contributed by atoms with Crippen molar-refractivity contribution < 1.29 is 33.5 Å².